The molecule has 5 nitrogen and oxygen atoms in total. The van der Waals surface area contributed by atoms with Crippen molar-refractivity contribution < 1.29 is 4.79 Å². The summed E-state index contributed by atoms with van der Waals surface area (Å²) in [6.45, 7) is 4.86. The van der Waals surface area contributed by atoms with E-state index in [2.05, 4.69) is 4.98 Å². The van der Waals surface area contributed by atoms with E-state index >= 15 is 0 Å². The van der Waals surface area contributed by atoms with Crippen molar-refractivity contribution in [3.05, 3.63) is 62.8 Å². The number of amides is 1. The summed E-state index contributed by atoms with van der Waals surface area (Å²) in [5.41, 5.74) is 4.06. The minimum absolute atomic E-state index is 0.150. The highest BCUT2D eigenvalue weighted by Gasteiger charge is 2.30. The topological polar surface area (TPSA) is 55.2 Å². The smallest absolute Gasteiger partial charge is 0.263 e. The Kier molecular flexibility index (Phi) is 3.11. The van der Waals surface area contributed by atoms with Gasteiger partial charge >= 0.3 is 0 Å². The summed E-state index contributed by atoms with van der Waals surface area (Å²) in [5, 5.41) is 0. The van der Waals surface area contributed by atoms with E-state index in [0.717, 1.165) is 35.2 Å². The summed E-state index contributed by atoms with van der Waals surface area (Å²) in [5.74, 6) is -0.170. The van der Waals surface area contributed by atoms with Crippen molar-refractivity contribution in [3.8, 4) is 0 Å². The molecule has 0 unspecified atom stereocenters. The molecule has 0 N–H and O–H groups in total. The van der Waals surface area contributed by atoms with Gasteiger partial charge in [-0.05, 0) is 55.5 Å². The fourth-order valence-electron chi connectivity index (χ4n) is 3.24. The molecule has 4 rings (SSSR count). The molecule has 0 radical (unpaired) electrons. The Balaban J connectivity index is 1.68. The Morgan fingerprint density at radius 2 is 1.96 bits per heavy atom. The zero-order valence-corrected chi connectivity index (χ0v) is 13.4. The second kappa shape index (κ2) is 5.05. The summed E-state index contributed by atoms with van der Waals surface area (Å²) < 4.78 is 1.72. The van der Waals surface area contributed by atoms with Gasteiger partial charge in [-0.25, -0.2) is 0 Å². The molecular weight excluding hydrogens is 290 g/mol. The maximum Gasteiger partial charge on any atom is 0.263 e. The van der Waals surface area contributed by atoms with Gasteiger partial charge in [-0.2, -0.15) is 0 Å². The van der Waals surface area contributed by atoms with E-state index in [1.165, 1.54) is 0 Å². The van der Waals surface area contributed by atoms with Crippen molar-refractivity contribution in [2.24, 2.45) is 0 Å². The number of carbonyl (C=O) groups is 1. The van der Waals surface area contributed by atoms with Gasteiger partial charge < -0.3 is 9.47 Å². The molecule has 3 heterocycles. The molecule has 2 aromatic heterocycles. The second-order valence-corrected chi connectivity index (χ2v) is 6.57. The third-order valence-electron chi connectivity index (χ3n) is 4.71. The van der Waals surface area contributed by atoms with Crippen LogP contribution >= 0.6 is 0 Å². The van der Waals surface area contributed by atoms with Gasteiger partial charge in [0.2, 0.25) is 0 Å². The fourth-order valence-corrected chi connectivity index (χ4v) is 3.24. The molecule has 0 bridgehead atoms. The highest BCUT2D eigenvalue weighted by Crippen LogP contribution is 2.33. The summed E-state index contributed by atoms with van der Waals surface area (Å²) in [7, 11) is 0. The Hall–Kier alpha value is -2.43. The van der Waals surface area contributed by atoms with E-state index < -0.39 is 0 Å². The quantitative estimate of drug-likeness (QED) is 0.855. The standard InChI is InChI=1S/C18H19N3O2/c1-11-5-6-21(15-3-4-15)18(23)16(11)17(22)20-9-13-7-12(2)19-8-14(13)10-20/h5-8,15H,3-4,9-10H2,1-2H3. The van der Waals surface area contributed by atoms with Crippen LogP contribution in [0.5, 0.6) is 0 Å². The van der Waals surface area contributed by atoms with Crippen LogP contribution in [0.4, 0.5) is 0 Å². The molecule has 1 amide bonds. The maximum absolute atomic E-state index is 12.9. The lowest BCUT2D eigenvalue weighted by atomic mass is 10.1. The Morgan fingerprint density at radius 1 is 1.22 bits per heavy atom. The molecule has 0 spiro atoms. The van der Waals surface area contributed by atoms with Crippen LogP contribution in [0.25, 0.3) is 0 Å². The fraction of sp³-hybridized carbons (Fsp3) is 0.389. The maximum atomic E-state index is 12.9. The molecule has 1 saturated carbocycles. The predicted molar refractivity (Wildman–Crippen MR) is 86.3 cm³/mol. The monoisotopic (exact) mass is 309 g/mol. The summed E-state index contributed by atoms with van der Waals surface area (Å²) in [6.07, 6.45) is 5.70. The predicted octanol–water partition coefficient (Wildman–Crippen LogP) is 2.35. The van der Waals surface area contributed by atoms with Crippen molar-refractivity contribution in [3.63, 3.8) is 0 Å². The van der Waals surface area contributed by atoms with Gasteiger partial charge in [0.05, 0.1) is 0 Å². The van der Waals surface area contributed by atoms with Gasteiger partial charge in [0.1, 0.15) is 5.56 Å². The van der Waals surface area contributed by atoms with Crippen LogP contribution in [0.15, 0.2) is 29.3 Å². The lowest BCUT2D eigenvalue weighted by molar-refractivity contribution is 0.0748. The van der Waals surface area contributed by atoms with Crippen LogP contribution in [-0.2, 0) is 13.1 Å². The average molecular weight is 309 g/mol. The van der Waals surface area contributed by atoms with Crippen LogP contribution in [0, 0.1) is 13.8 Å². The van der Waals surface area contributed by atoms with Gasteiger partial charge in [-0.15, -0.1) is 0 Å². The molecular formula is C18H19N3O2. The zero-order valence-electron chi connectivity index (χ0n) is 13.4. The third-order valence-corrected chi connectivity index (χ3v) is 4.71. The minimum Gasteiger partial charge on any atom is -0.330 e. The van der Waals surface area contributed by atoms with Crippen LogP contribution in [0.2, 0.25) is 0 Å². The molecule has 0 atom stereocenters. The zero-order chi connectivity index (χ0) is 16.1. The first-order chi connectivity index (χ1) is 11.0. The number of rotatable bonds is 2. The molecule has 2 aromatic rings. The van der Waals surface area contributed by atoms with Gasteiger partial charge in [-0.3, -0.25) is 14.6 Å². The number of aryl methyl sites for hydroxylation is 2. The van der Waals surface area contributed by atoms with Crippen molar-refractivity contribution in [2.45, 2.75) is 45.8 Å². The number of nitrogens with zero attached hydrogens (tertiary/aromatic N) is 3. The number of pyridine rings is 2. The van der Waals surface area contributed by atoms with E-state index in [4.69, 9.17) is 0 Å². The van der Waals surface area contributed by atoms with Crippen molar-refractivity contribution in [2.75, 3.05) is 0 Å². The van der Waals surface area contributed by atoms with Gasteiger partial charge in [0, 0.05) is 37.2 Å². The van der Waals surface area contributed by atoms with E-state index in [1.54, 1.807) is 9.47 Å². The molecule has 2 aliphatic rings. The van der Waals surface area contributed by atoms with Crippen molar-refractivity contribution in [1.82, 2.24) is 14.5 Å². The molecule has 0 aromatic carbocycles. The largest absolute Gasteiger partial charge is 0.330 e. The molecule has 1 aliphatic carbocycles. The summed E-state index contributed by atoms with van der Waals surface area (Å²) >= 11 is 0. The second-order valence-electron chi connectivity index (χ2n) is 6.57. The van der Waals surface area contributed by atoms with Crippen molar-refractivity contribution >= 4 is 5.91 Å². The molecule has 118 valence electrons. The van der Waals surface area contributed by atoms with E-state index in [9.17, 15) is 9.59 Å². The lowest BCUT2D eigenvalue weighted by Gasteiger charge is -2.17. The SMILES string of the molecule is Cc1cc2c(cn1)CN(C(=O)c1c(C)ccn(C3CC3)c1=O)C2. The first-order valence-electron chi connectivity index (χ1n) is 8.00. The van der Waals surface area contributed by atoms with Crippen LogP contribution < -0.4 is 5.56 Å². The normalized spacial score (nSPS) is 16.5. The van der Waals surface area contributed by atoms with Crippen LogP contribution in [-0.4, -0.2) is 20.4 Å². The number of hydrogen-bond donors (Lipinski definition) is 0. The molecule has 0 saturated heterocycles. The highest BCUT2D eigenvalue weighted by atomic mass is 16.2. The lowest BCUT2D eigenvalue weighted by Crippen LogP contribution is -2.34. The highest BCUT2D eigenvalue weighted by molar-refractivity contribution is 5.95. The van der Waals surface area contributed by atoms with E-state index in [1.807, 2.05) is 38.4 Å². The molecule has 1 fully saturated rings. The molecule has 1 aliphatic heterocycles. The van der Waals surface area contributed by atoms with Crippen LogP contribution in [0.3, 0.4) is 0 Å². The Bertz CT molecular complexity index is 865. The summed E-state index contributed by atoms with van der Waals surface area (Å²) in [6, 6.07) is 4.17. The minimum atomic E-state index is -0.170. The van der Waals surface area contributed by atoms with Gasteiger partial charge in [0.15, 0.2) is 0 Å². The van der Waals surface area contributed by atoms with E-state index in [0.29, 0.717) is 18.7 Å². The molecule has 23 heavy (non-hydrogen) atoms. The first-order valence-corrected chi connectivity index (χ1v) is 8.00. The van der Waals surface area contributed by atoms with Crippen LogP contribution in [0.1, 0.15) is 51.6 Å². The van der Waals surface area contributed by atoms with E-state index in [-0.39, 0.29) is 17.5 Å². The van der Waals surface area contributed by atoms with Gasteiger partial charge in [-0.1, -0.05) is 0 Å². The molecule has 5 heteroatoms. The Morgan fingerprint density at radius 3 is 2.70 bits per heavy atom. The third kappa shape index (κ3) is 2.36. The first kappa shape index (κ1) is 14.2. The number of carbonyl (C=O) groups excluding carboxylic acids is 1. The average Bonchev–Trinajstić information content (AvgIpc) is 3.26. The summed E-state index contributed by atoms with van der Waals surface area (Å²) in [4.78, 5) is 31.7. The van der Waals surface area contributed by atoms with Crippen molar-refractivity contribution in [1.29, 1.82) is 0 Å². The Labute approximate surface area is 134 Å². The number of fused-ring (bicyclic) bond motifs is 1. The van der Waals surface area contributed by atoms with Gasteiger partial charge in [0.25, 0.3) is 11.5 Å². The number of aromatic nitrogens is 2. The number of hydrogen-bond acceptors (Lipinski definition) is 3.